The summed E-state index contributed by atoms with van der Waals surface area (Å²) in [6, 6.07) is 0. The Hall–Kier alpha value is -0.850. The molecule has 1 nitrogen and oxygen atoms in total. The van der Waals surface area contributed by atoms with Crippen molar-refractivity contribution in [2.24, 2.45) is 5.92 Å². The van der Waals surface area contributed by atoms with Crippen LogP contribution in [0.15, 0.2) is 23.8 Å². The quantitative estimate of drug-likeness (QED) is 0.446. The predicted molar refractivity (Wildman–Crippen MR) is 46.3 cm³/mol. The lowest BCUT2D eigenvalue weighted by atomic mass is 10.2. The third kappa shape index (κ3) is 3.17. The third-order valence-corrected chi connectivity index (χ3v) is 1.91. The van der Waals surface area contributed by atoms with Crippen molar-refractivity contribution >= 4 is 5.78 Å². The highest BCUT2D eigenvalue weighted by atomic mass is 16.1. The van der Waals surface area contributed by atoms with Crippen LogP contribution in [0.4, 0.5) is 0 Å². The van der Waals surface area contributed by atoms with Crippen LogP contribution in [-0.2, 0) is 4.79 Å². The second kappa shape index (κ2) is 3.51. The van der Waals surface area contributed by atoms with Gasteiger partial charge in [0.1, 0.15) is 0 Å². The molecule has 0 heterocycles. The molecule has 0 radical (unpaired) electrons. The summed E-state index contributed by atoms with van der Waals surface area (Å²) in [6.45, 7) is 3.44. The van der Waals surface area contributed by atoms with Crippen LogP contribution in [0.1, 0.15) is 26.7 Å². The van der Waals surface area contributed by atoms with Gasteiger partial charge in [0.15, 0.2) is 5.78 Å². The number of Topliss-reactive ketones (excluding diaryl/α,β-unsaturated/α-hetero) is 1. The molecule has 1 rings (SSSR count). The lowest BCUT2D eigenvalue weighted by molar-refractivity contribution is -0.113. The standard InChI is InChI=1S/C10H14O/c1-8(9(2)11)4-3-5-10-6-7-10/h3-5,10H,6-7H2,1-2H3/b5-3-,8-4+. The van der Waals surface area contributed by atoms with Gasteiger partial charge in [-0.1, -0.05) is 18.2 Å². The van der Waals surface area contributed by atoms with Crippen molar-refractivity contribution in [3.05, 3.63) is 23.8 Å². The summed E-state index contributed by atoms with van der Waals surface area (Å²) in [6.07, 6.45) is 8.70. The van der Waals surface area contributed by atoms with Crippen LogP contribution >= 0.6 is 0 Å². The summed E-state index contributed by atoms with van der Waals surface area (Å²) in [4.78, 5) is 10.7. The van der Waals surface area contributed by atoms with Crippen LogP contribution in [0, 0.1) is 5.92 Å². The number of hydrogen-bond donors (Lipinski definition) is 0. The van der Waals surface area contributed by atoms with Crippen LogP contribution < -0.4 is 0 Å². The zero-order valence-electron chi connectivity index (χ0n) is 7.13. The summed E-state index contributed by atoms with van der Waals surface area (Å²) in [5.74, 6) is 0.955. The van der Waals surface area contributed by atoms with Crippen LogP contribution in [0.5, 0.6) is 0 Å². The fraction of sp³-hybridized carbons (Fsp3) is 0.500. The minimum atomic E-state index is 0.158. The van der Waals surface area contributed by atoms with Gasteiger partial charge >= 0.3 is 0 Å². The average Bonchev–Trinajstić information content (AvgIpc) is 2.71. The van der Waals surface area contributed by atoms with Crippen molar-refractivity contribution in [2.75, 3.05) is 0 Å². The zero-order valence-corrected chi connectivity index (χ0v) is 7.13. The fourth-order valence-electron chi connectivity index (χ4n) is 0.763. The maximum atomic E-state index is 10.7. The van der Waals surface area contributed by atoms with E-state index in [1.807, 2.05) is 19.1 Å². The molecule has 0 bridgehead atoms. The molecule has 0 N–H and O–H groups in total. The molecule has 0 spiro atoms. The van der Waals surface area contributed by atoms with Gasteiger partial charge in [-0.2, -0.15) is 0 Å². The van der Waals surface area contributed by atoms with E-state index in [2.05, 4.69) is 6.08 Å². The summed E-state index contributed by atoms with van der Waals surface area (Å²) >= 11 is 0. The zero-order chi connectivity index (χ0) is 8.27. The van der Waals surface area contributed by atoms with E-state index in [1.165, 1.54) is 12.8 Å². The maximum absolute atomic E-state index is 10.7. The van der Waals surface area contributed by atoms with Gasteiger partial charge in [0, 0.05) is 0 Å². The van der Waals surface area contributed by atoms with E-state index in [9.17, 15) is 4.79 Å². The molecule has 1 fully saturated rings. The molecule has 1 aliphatic carbocycles. The van der Waals surface area contributed by atoms with Gasteiger partial charge in [-0.15, -0.1) is 0 Å². The Morgan fingerprint density at radius 3 is 2.45 bits per heavy atom. The van der Waals surface area contributed by atoms with E-state index >= 15 is 0 Å². The fourth-order valence-corrected chi connectivity index (χ4v) is 0.763. The Morgan fingerprint density at radius 1 is 1.36 bits per heavy atom. The van der Waals surface area contributed by atoms with Crippen molar-refractivity contribution in [1.82, 2.24) is 0 Å². The van der Waals surface area contributed by atoms with E-state index in [0.717, 1.165) is 11.5 Å². The maximum Gasteiger partial charge on any atom is 0.155 e. The van der Waals surface area contributed by atoms with Crippen molar-refractivity contribution < 1.29 is 4.79 Å². The Morgan fingerprint density at radius 2 is 2.00 bits per heavy atom. The molecule has 1 saturated carbocycles. The number of carbonyl (C=O) groups excluding carboxylic acids is 1. The molecule has 1 heteroatoms. The first-order chi connectivity index (χ1) is 5.20. The number of rotatable bonds is 3. The van der Waals surface area contributed by atoms with Crippen LogP contribution in [0.3, 0.4) is 0 Å². The molecule has 0 unspecified atom stereocenters. The molecule has 0 aliphatic heterocycles. The molecular weight excluding hydrogens is 136 g/mol. The van der Waals surface area contributed by atoms with Gasteiger partial charge in [0.2, 0.25) is 0 Å². The van der Waals surface area contributed by atoms with E-state index in [-0.39, 0.29) is 5.78 Å². The lowest BCUT2D eigenvalue weighted by Gasteiger charge is -1.88. The second-order valence-corrected chi connectivity index (χ2v) is 3.13. The Bertz CT molecular complexity index is 207. The van der Waals surface area contributed by atoms with Gasteiger partial charge in [-0.3, -0.25) is 4.79 Å². The molecule has 0 atom stereocenters. The van der Waals surface area contributed by atoms with Gasteiger partial charge in [-0.05, 0) is 38.2 Å². The molecule has 0 saturated heterocycles. The van der Waals surface area contributed by atoms with Crippen molar-refractivity contribution in [2.45, 2.75) is 26.7 Å². The SMILES string of the molecule is CC(=O)/C(C)=C/C=C\C1CC1. The monoisotopic (exact) mass is 150 g/mol. The van der Waals surface area contributed by atoms with Crippen LogP contribution in [0.25, 0.3) is 0 Å². The highest BCUT2D eigenvalue weighted by molar-refractivity contribution is 5.92. The highest BCUT2D eigenvalue weighted by Gasteiger charge is 2.16. The molecule has 0 aromatic heterocycles. The molecular formula is C10H14O. The second-order valence-electron chi connectivity index (χ2n) is 3.13. The molecule has 60 valence electrons. The minimum absolute atomic E-state index is 0.158. The van der Waals surface area contributed by atoms with E-state index in [4.69, 9.17) is 0 Å². The summed E-state index contributed by atoms with van der Waals surface area (Å²) in [5, 5.41) is 0. The topological polar surface area (TPSA) is 17.1 Å². The number of allylic oxidation sites excluding steroid dienone is 4. The van der Waals surface area contributed by atoms with E-state index in [0.29, 0.717) is 0 Å². The summed E-state index contributed by atoms with van der Waals surface area (Å²) in [7, 11) is 0. The minimum Gasteiger partial charge on any atom is -0.295 e. The first-order valence-electron chi connectivity index (χ1n) is 4.06. The Kier molecular flexibility index (Phi) is 2.64. The first kappa shape index (κ1) is 8.25. The molecule has 1 aliphatic rings. The summed E-state index contributed by atoms with van der Waals surface area (Å²) in [5.41, 5.74) is 0.835. The Labute approximate surface area is 67.8 Å². The molecule has 0 aromatic rings. The smallest absolute Gasteiger partial charge is 0.155 e. The normalized spacial score (nSPS) is 19.3. The molecule has 0 amide bonds. The number of ketones is 1. The van der Waals surface area contributed by atoms with Gasteiger partial charge < -0.3 is 0 Å². The van der Waals surface area contributed by atoms with Crippen molar-refractivity contribution in [1.29, 1.82) is 0 Å². The highest BCUT2D eigenvalue weighted by Crippen LogP contribution is 2.29. The van der Waals surface area contributed by atoms with Crippen molar-refractivity contribution in [3.63, 3.8) is 0 Å². The Balaban J connectivity index is 2.37. The first-order valence-corrected chi connectivity index (χ1v) is 4.06. The average molecular weight is 150 g/mol. The van der Waals surface area contributed by atoms with Gasteiger partial charge in [-0.25, -0.2) is 0 Å². The molecule has 0 aromatic carbocycles. The van der Waals surface area contributed by atoms with Gasteiger partial charge in [0.25, 0.3) is 0 Å². The van der Waals surface area contributed by atoms with E-state index < -0.39 is 0 Å². The predicted octanol–water partition coefficient (Wildman–Crippen LogP) is 2.49. The number of hydrogen-bond acceptors (Lipinski definition) is 1. The summed E-state index contributed by atoms with van der Waals surface area (Å²) < 4.78 is 0. The number of carbonyl (C=O) groups is 1. The third-order valence-electron chi connectivity index (χ3n) is 1.91. The van der Waals surface area contributed by atoms with Gasteiger partial charge in [0.05, 0.1) is 0 Å². The largest absolute Gasteiger partial charge is 0.295 e. The van der Waals surface area contributed by atoms with Crippen molar-refractivity contribution in [3.8, 4) is 0 Å². The van der Waals surface area contributed by atoms with Crippen LogP contribution in [-0.4, -0.2) is 5.78 Å². The molecule has 11 heavy (non-hydrogen) atoms. The van der Waals surface area contributed by atoms with Crippen LogP contribution in [0.2, 0.25) is 0 Å². The van der Waals surface area contributed by atoms with E-state index in [1.54, 1.807) is 6.92 Å². The lowest BCUT2D eigenvalue weighted by Crippen LogP contribution is -1.89.